The van der Waals surface area contributed by atoms with E-state index in [1.165, 1.54) is 27.8 Å². The minimum atomic E-state index is 0.131. The molecule has 0 amide bonds. The number of rotatable bonds is 8. The molecule has 0 fully saturated rings. The molecule has 5 nitrogen and oxygen atoms in total. The largest absolute Gasteiger partial charge is 0.395 e. The van der Waals surface area contributed by atoms with Gasteiger partial charge in [-0.15, -0.1) is 5.10 Å². The molecular formula is C25H32N4O. The number of nitrogens with zero attached hydrogens (tertiary/aromatic N) is 3. The van der Waals surface area contributed by atoms with Crippen molar-refractivity contribution in [2.75, 3.05) is 13.2 Å². The summed E-state index contributed by atoms with van der Waals surface area (Å²) in [6, 6.07) is 10.4. The number of fused-ring (bicyclic) bond motifs is 1. The number of pyridine rings is 1. The lowest BCUT2D eigenvalue weighted by Gasteiger charge is -2.15. The van der Waals surface area contributed by atoms with Gasteiger partial charge < -0.3 is 10.4 Å². The Labute approximate surface area is 179 Å². The van der Waals surface area contributed by atoms with E-state index in [0.29, 0.717) is 13.1 Å². The fourth-order valence-electron chi connectivity index (χ4n) is 3.69. The maximum atomic E-state index is 8.93. The van der Waals surface area contributed by atoms with Crippen LogP contribution in [0.5, 0.6) is 0 Å². The van der Waals surface area contributed by atoms with Gasteiger partial charge in [0.05, 0.1) is 6.61 Å². The van der Waals surface area contributed by atoms with Crippen LogP contribution in [-0.2, 0) is 6.54 Å². The van der Waals surface area contributed by atoms with Crippen molar-refractivity contribution in [2.45, 2.75) is 47.6 Å². The number of hydrogen-bond acceptors (Lipinski definition) is 4. The van der Waals surface area contributed by atoms with E-state index in [1.54, 1.807) is 0 Å². The maximum Gasteiger partial charge on any atom is 0.182 e. The van der Waals surface area contributed by atoms with Crippen molar-refractivity contribution in [3.05, 3.63) is 70.4 Å². The summed E-state index contributed by atoms with van der Waals surface area (Å²) in [7, 11) is 0. The molecule has 1 aromatic carbocycles. The Morgan fingerprint density at radius 2 is 2.00 bits per heavy atom. The molecule has 0 bridgehead atoms. The van der Waals surface area contributed by atoms with Gasteiger partial charge in [0.15, 0.2) is 11.5 Å². The van der Waals surface area contributed by atoms with Crippen LogP contribution in [0.15, 0.2) is 53.8 Å². The molecule has 2 N–H and O–H groups in total. The summed E-state index contributed by atoms with van der Waals surface area (Å²) in [5.74, 6) is 0.735. The first-order valence-corrected chi connectivity index (χ1v) is 10.6. The van der Waals surface area contributed by atoms with E-state index in [-0.39, 0.29) is 6.61 Å². The summed E-state index contributed by atoms with van der Waals surface area (Å²) in [4.78, 5) is 4.76. The third kappa shape index (κ3) is 4.53. The van der Waals surface area contributed by atoms with Crippen LogP contribution >= 0.6 is 0 Å². The average Bonchev–Trinajstić information content (AvgIpc) is 3.18. The van der Waals surface area contributed by atoms with Gasteiger partial charge in [-0.1, -0.05) is 42.8 Å². The summed E-state index contributed by atoms with van der Waals surface area (Å²) in [5.41, 5.74) is 9.41. The minimum absolute atomic E-state index is 0.131. The van der Waals surface area contributed by atoms with Gasteiger partial charge in [-0.3, -0.25) is 0 Å². The van der Waals surface area contributed by atoms with Crippen LogP contribution in [0.2, 0.25) is 0 Å². The normalized spacial score (nSPS) is 13.1. The lowest BCUT2D eigenvalue weighted by molar-refractivity contribution is 0.292. The van der Waals surface area contributed by atoms with Gasteiger partial charge in [-0.25, -0.2) is 9.50 Å². The molecule has 3 aromatic rings. The number of nitrogens with one attached hydrogen (secondary N) is 1. The molecule has 0 saturated carbocycles. The van der Waals surface area contributed by atoms with E-state index >= 15 is 0 Å². The van der Waals surface area contributed by atoms with Gasteiger partial charge in [-0.2, -0.15) is 0 Å². The molecule has 0 saturated heterocycles. The Kier molecular flexibility index (Phi) is 7.19. The fourth-order valence-corrected chi connectivity index (χ4v) is 3.69. The molecule has 5 heteroatoms. The number of allylic oxidation sites excluding steroid dienone is 4. The molecule has 0 aliphatic carbocycles. The van der Waals surface area contributed by atoms with Crippen molar-refractivity contribution in [3.8, 4) is 11.4 Å². The zero-order valence-corrected chi connectivity index (χ0v) is 18.7. The third-order valence-electron chi connectivity index (χ3n) is 5.74. The molecule has 0 spiro atoms. The Morgan fingerprint density at radius 3 is 2.70 bits per heavy atom. The molecule has 0 unspecified atom stereocenters. The zero-order valence-electron chi connectivity index (χ0n) is 18.7. The number of aliphatic hydroxyl groups excluding tert-OH is 1. The maximum absolute atomic E-state index is 8.93. The second kappa shape index (κ2) is 9.83. The predicted molar refractivity (Wildman–Crippen MR) is 124 cm³/mol. The molecule has 0 aliphatic heterocycles. The second-order valence-electron chi connectivity index (χ2n) is 7.62. The topological polar surface area (TPSA) is 62.5 Å². The Balaban J connectivity index is 2.00. The number of hydrogen-bond donors (Lipinski definition) is 2. The molecule has 2 heterocycles. The second-order valence-corrected chi connectivity index (χ2v) is 7.62. The van der Waals surface area contributed by atoms with E-state index in [0.717, 1.165) is 29.0 Å². The summed E-state index contributed by atoms with van der Waals surface area (Å²) in [6.07, 6.45) is 5.24. The predicted octanol–water partition coefficient (Wildman–Crippen LogP) is 4.94. The molecule has 0 atom stereocenters. The highest BCUT2D eigenvalue weighted by molar-refractivity contribution is 5.83. The highest BCUT2D eigenvalue weighted by Gasteiger charge is 2.15. The standard InChI is InChI=1S/C25H32N4O/c1-6-17(3)18(4)21(7-2)22-9-8-10-23(19(22)5)25-27-24-12-11-20(15-26-13-14-30)16-29(24)28-25/h7-12,16,26,30H,6,13-15H2,1-5H3/b18-17+,21-7+. The summed E-state index contributed by atoms with van der Waals surface area (Å²) >= 11 is 0. The van der Waals surface area contributed by atoms with Gasteiger partial charge in [0.25, 0.3) is 0 Å². The van der Waals surface area contributed by atoms with E-state index in [9.17, 15) is 0 Å². The lowest BCUT2D eigenvalue weighted by Crippen LogP contribution is -2.17. The van der Waals surface area contributed by atoms with Crippen molar-refractivity contribution in [2.24, 2.45) is 0 Å². The molecule has 30 heavy (non-hydrogen) atoms. The van der Waals surface area contributed by atoms with Crippen LogP contribution in [0.25, 0.3) is 22.6 Å². The van der Waals surface area contributed by atoms with Gasteiger partial charge >= 0.3 is 0 Å². The quantitative estimate of drug-likeness (QED) is 0.412. The van der Waals surface area contributed by atoms with Crippen molar-refractivity contribution in [1.29, 1.82) is 0 Å². The van der Waals surface area contributed by atoms with E-state index in [1.807, 2.05) is 22.8 Å². The first kappa shape index (κ1) is 21.9. The van der Waals surface area contributed by atoms with Gasteiger partial charge in [0, 0.05) is 24.8 Å². The smallest absolute Gasteiger partial charge is 0.182 e. The monoisotopic (exact) mass is 404 g/mol. The van der Waals surface area contributed by atoms with E-state index in [2.05, 4.69) is 64.2 Å². The Morgan fingerprint density at radius 1 is 1.20 bits per heavy atom. The third-order valence-corrected chi connectivity index (χ3v) is 5.74. The zero-order chi connectivity index (χ0) is 21.7. The minimum Gasteiger partial charge on any atom is -0.395 e. The van der Waals surface area contributed by atoms with Crippen molar-refractivity contribution >= 4 is 11.2 Å². The van der Waals surface area contributed by atoms with E-state index in [4.69, 9.17) is 15.2 Å². The van der Waals surface area contributed by atoms with Gasteiger partial charge in [0.2, 0.25) is 0 Å². The molecule has 0 radical (unpaired) electrons. The number of benzene rings is 1. The van der Waals surface area contributed by atoms with Crippen LogP contribution in [0.1, 0.15) is 50.8 Å². The van der Waals surface area contributed by atoms with Gasteiger partial charge in [-0.05, 0) is 68.0 Å². The SMILES string of the molecule is C/C=C(\C(C)=C(/C)CC)c1cccc(-c2nc3ccc(CNCCO)cn3n2)c1C. The number of aromatic nitrogens is 3. The lowest BCUT2D eigenvalue weighted by atomic mass is 9.89. The highest BCUT2D eigenvalue weighted by Crippen LogP contribution is 2.33. The molecule has 0 aliphatic rings. The summed E-state index contributed by atoms with van der Waals surface area (Å²) < 4.78 is 1.83. The van der Waals surface area contributed by atoms with Crippen LogP contribution in [0.4, 0.5) is 0 Å². The van der Waals surface area contributed by atoms with Crippen molar-refractivity contribution in [3.63, 3.8) is 0 Å². The summed E-state index contributed by atoms with van der Waals surface area (Å²) in [5, 5.41) is 16.9. The Hall–Kier alpha value is -2.76. The van der Waals surface area contributed by atoms with E-state index < -0.39 is 0 Å². The summed E-state index contributed by atoms with van der Waals surface area (Å²) in [6.45, 7) is 12.3. The van der Waals surface area contributed by atoms with Crippen LogP contribution in [0, 0.1) is 6.92 Å². The van der Waals surface area contributed by atoms with Crippen molar-refractivity contribution in [1.82, 2.24) is 19.9 Å². The molecule has 2 aromatic heterocycles. The number of aliphatic hydroxyl groups is 1. The highest BCUT2D eigenvalue weighted by atomic mass is 16.3. The molecule has 3 rings (SSSR count). The van der Waals surface area contributed by atoms with Gasteiger partial charge in [0.1, 0.15) is 0 Å². The molecular weight excluding hydrogens is 372 g/mol. The first-order valence-electron chi connectivity index (χ1n) is 10.6. The fraction of sp³-hybridized carbons (Fsp3) is 0.360. The average molecular weight is 405 g/mol. The van der Waals surface area contributed by atoms with Crippen LogP contribution in [-0.4, -0.2) is 32.9 Å². The van der Waals surface area contributed by atoms with Crippen LogP contribution in [0.3, 0.4) is 0 Å². The Bertz CT molecular complexity index is 1090. The first-order chi connectivity index (χ1) is 14.5. The van der Waals surface area contributed by atoms with Crippen LogP contribution < -0.4 is 5.32 Å². The van der Waals surface area contributed by atoms with Crippen molar-refractivity contribution < 1.29 is 5.11 Å². The molecule has 158 valence electrons.